The van der Waals surface area contributed by atoms with E-state index in [9.17, 15) is 65.8 Å². The monoisotopic (exact) mass is 786 g/mol. The molecule has 2 saturated heterocycles. The van der Waals surface area contributed by atoms with Crippen molar-refractivity contribution in [1.29, 1.82) is 0 Å². The molecule has 2 aliphatic heterocycles. The summed E-state index contributed by atoms with van der Waals surface area (Å²) in [5.41, 5.74) is -0.904. The molecular formula is C37H38O19. The number of aromatic hydroxyl groups is 5. The second kappa shape index (κ2) is 16.2. The third-order valence-corrected chi connectivity index (χ3v) is 9.13. The van der Waals surface area contributed by atoms with E-state index < -0.39 is 119 Å². The van der Waals surface area contributed by atoms with Crippen molar-refractivity contribution in [3.63, 3.8) is 0 Å². The Morgan fingerprint density at radius 1 is 0.732 bits per heavy atom. The molecule has 0 bridgehead atoms. The number of carbonyl (C=O) groups excluding carboxylic acids is 1. The van der Waals surface area contributed by atoms with Crippen LogP contribution in [0.4, 0.5) is 0 Å². The van der Waals surface area contributed by atoms with Crippen LogP contribution in [0.15, 0.2) is 69.9 Å². The number of ether oxygens (including phenoxy) is 5. The molecule has 0 aliphatic carbocycles. The fraction of sp³-hybridized carbons (Fsp3) is 0.351. The largest absolute Gasteiger partial charge is 0.508 e. The summed E-state index contributed by atoms with van der Waals surface area (Å²) in [6, 6.07) is 9.34. The Morgan fingerprint density at radius 3 is 2.12 bits per heavy atom. The van der Waals surface area contributed by atoms with Crippen LogP contribution >= 0.6 is 0 Å². The summed E-state index contributed by atoms with van der Waals surface area (Å²) in [7, 11) is 0. The first kappa shape index (κ1) is 40.0. The van der Waals surface area contributed by atoms with Crippen LogP contribution in [0.1, 0.15) is 12.5 Å². The fourth-order valence-corrected chi connectivity index (χ4v) is 6.02. The molecule has 3 heterocycles. The van der Waals surface area contributed by atoms with E-state index in [-0.39, 0.29) is 29.1 Å². The van der Waals surface area contributed by atoms with Gasteiger partial charge < -0.3 is 84.3 Å². The van der Waals surface area contributed by atoms with E-state index in [0.717, 1.165) is 30.3 Å². The Bertz CT molecular complexity index is 2170. The molecule has 6 rings (SSSR count). The van der Waals surface area contributed by atoms with Crippen LogP contribution in [0.3, 0.4) is 0 Å². The van der Waals surface area contributed by atoms with Crippen molar-refractivity contribution in [1.82, 2.24) is 0 Å². The second-order valence-electron chi connectivity index (χ2n) is 13.1. The van der Waals surface area contributed by atoms with Gasteiger partial charge in [-0.3, -0.25) is 4.79 Å². The number of carbonyl (C=O) groups is 1. The van der Waals surface area contributed by atoms with Gasteiger partial charge in [0.25, 0.3) is 0 Å². The molecule has 0 amide bonds. The number of fused-ring (bicyclic) bond motifs is 1. The van der Waals surface area contributed by atoms with Gasteiger partial charge in [0, 0.05) is 23.8 Å². The summed E-state index contributed by atoms with van der Waals surface area (Å²) >= 11 is 0. The number of rotatable bonds is 10. The third kappa shape index (κ3) is 8.15. The maximum absolute atomic E-state index is 13.8. The van der Waals surface area contributed by atoms with Gasteiger partial charge in [-0.2, -0.15) is 0 Å². The van der Waals surface area contributed by atoms with Crippen molar-refractivity contribution >= 4 is 16.9 Å². The van der Waals surface area contributed by atoms with E-state index in [0.29, 0.717) is 5.56 Å². The molecule has 2 fully saturated rings. The van der Waals surface area contributed by atoms with Crippen LogP contribution in [0, 0.1) is 0 Å². The SMILES string of the molecule is CC1O[C@@H](Oc2c(-c3ccc(O)c(O[C@@H]4OC(COC(=O)/C=C/Cc5ccc(O)c(O)c5)[C@@H](O)[C@H](O)C4O)c3)oc3cc(O)cc(O)c3c2=O)C(O)[C@@H](O)[C@@H]1O. The van der Waals surface area contributed by atoms with Gasteiger partial charge in [-0.15, -0.1) is 0 Å². The average Bonchev–Trinajstić information content (AvgIpc) is 3.15. The molecule has 3 aromatic carbocycles. The maximum Gasteiger partial charge on any atom is 0.330 e. The lowest BCUT2D eigenvalue weighted by atomic mass is 9.99. The van der Waals surface area contributed by atoms with Crippen molar-refractivity contribution in [3.05, 3.63) is 76.5 Å². The lowest BCUT2D eigenvalue weighted by Crippen LogP contribution is -2.60. The lowest BCUT2D eigenvalue weighted by molar-refractivity contribution is -0.278. The number of benzene rings is 3. The van der Waals surface area contributed by atoms with Gasteiger partial charge in [0.15, 0.2) is 28.8 Å². The van der Waals surface area contributed by atoms with Crippen LogP contribution in [0.5, 0.6) is 40.2 Å². The molecule has 1 aromatic heterocycles. The van der Waals surface area contributed by atoms with Gasteiger partial charge >= 0.3 is 5.97 Å². The van der Waals surface area contributed by atoms with Crippen molar-refractivity contribution in [2.24, 2.45) is 0 Å². The van der Waals surface area contributed by atoms with Crippen molar-refractivity contribution in [2.75, 3.05) is 6.61 Å². The molecule has 19 nitrogen and oxygen atoms in total. The molecule has 19 heteroatoms. The second-order valence-corrected chi connectivity index (χ2v) is 13.1. The Kier molecular flexibility index (Phi) is 11.6. The highest BCUT2D eigenvalue weighted by Crippen LogP contribution is 2.40. The number of aliphatic hydroxyl groups is 6. The Labute approximate surface area is 315 Å². The van der Waals surface area contributed by atoms with E-state index in [2.05, 4.69) is 0 Å². The summed E-state index contributed by atoms with van der Waals surface area (Å²) in [5.74, 6) is -4.89. The Hall–Kier alpha value is -5.64. The number of hydrogen-bond acceptors (Lipinski definition) is 19. The molecule has 0 saturated carbocycles. The van der Waals surface area contributed by atoms with Gasteiger partial charge in [-0.05, 0) is 49.2 Å². The van der Waals surface area contributed by atoms with Gasteiger partial charge in [0.1, 0.15) is 71.8 Å². The molecule has 56 heavy (non-hydrogen) atoms. The first-order valence-electron chi connectivity index (χ1n) is 17.0. The Morgan fingerprint density at radius 2 is 1.41 bits per heavy atom. The topological polar surface area (TPSA) is 316 Å². The van der Waals surface area contributed by atoms with E-state index >= 15 is 0 Å². The average molecular weight is 787 g/mol. The minimum atomic E-state index is -1.93. The van der Waals surface area contributed by atoms with Crippen LogP contribution in [-0.2, 0) is 25.4 Å². The van der Waals surface area contributed by atoms with Crippen molar-refractivity contribution in [2.45, 2.75) is 74.8 Å². The predicted octanol–water partition coefficient (Wildman–Crippen LogP) is -0.277. The summed E-state index contributed by atoms with van der Waals surface area (Å²) in [5, 5.41) is 113. The summed E-state index contributed by atoms with van der Waals surface area (Å²) in [6.45, 7) is 0.735. The highest BCUT2D eigenvalue weighted by molar-refractivity contribution is 5.88. The van der Waals surface area contributed by atoms with Crippen molar-refractivity contribution in [3.8, 4) is 51.6 Å². The molecule has 0 radical (unpaired) electrons. The molecule has 11 N–H and O–H groups in total. The van der Waals surface area contributed by atoms with E-state index in [1.807, 2.05) is 0 Å². The predicted molar refractivity (Wildman–Crippen MR) is 187 cm³/mol. The lowest BCUT2D eigenvalue weighted by Gasteiger charge is -2.39. The summed E-state index contributed by atoms with van der Waals surface area (Å²) in [6.07, 6.45) is -14.2. The number of phenolic OH excluding ortho intramolecular Hbond substituents is 5. The normalized spacial score (nSPS) is 28.0. The van der Waals surface area contributed by atoms with Gasteiger partial charge in [-0.1, -0.05) is 12.1 Å². The minimum absolute atomic E-state index is 0.0979. The first-order valence-corrected chi connectivity index (χ1v) is 17.0. The summed E-state index contributed by atoms with van der Waals surface area (Å²) in [4.78, 5) is 26.2. The zero-order valence-electron chi connectivity index (χ0n) is 29.1. The minimum Gasteiger partial charge on any atom is -0.508 e. The zero-order valence-corrected chi connectivity index (χ0v) is 29.1. The quantitative estimate of drug-likeness (QED) is 0.0559. The number of aliphatic hydroxyl groups excluding tert-OH is 6. The number of allylic oxidation sites excluding steroid dienone is 1. The summed E-state index contributed by atoms with van der Waals surface area (Å²) < 4.78 is 33.5. The van der Waals surface area contributed by atoms with Crippen LogP contribution in [-0.4, -0.2) is 130 Å². The van der Waals surface area contributed by atoms with E-state index in [1.165, 1.54) is 37.3 Å². The number of hydrogen-bond donors (Lipinski definition) is 11. The molecule has 0 spiro atoms. The van der Waals surface area contributed by atoms with Crippen LogP contribution < -0.4 is 14.9 Å². The molecule has 2 aliphatic rings. The standard InChI is InChI=1S/C37H38O19/c1-14-27(44)30(47)32(49)36(52-14)56-35-29(46)26-21(42)11-17(38)12-23(26)53-34(35)16-6-8-19(40)22(10-16)54-37-33(50)31(48)28(45)24(55-37)13-51-25(43)4-2-3-15-5-7-18(39)20(41)9-15/h2,4-12,14,24,27-28,30-33,36-42,44-45,47-50H,3,13H2,1H3/b4-2+/t14?,24?,27-,28-,30+,31+,32?,33?,36+,37-/m1/s1. The number of esters is 1. The molecule has 300 valence electrons. The highest BCUT2D eigenvalue weighted by atomic mass is 16.7. The maximum atomic E-state index is 13.8. The molecular weight excluding hydrogens is 748 g/mol. The van der Waals surface area contributed by atoms with Gasteiger partial charge in [0.2, 0.25) is 23.8 Å². The fourth-order valence-electron chi connectivity index (χ4n) is 6.02. The highest BCUT2D eigenvalue weighted by Gasteiger charge is 2.46. The molecule has 10 atom stereocenters. The first-order chi connectivity index (χ1) is 26.5. The smallest absolute Gasteiger partial charge is 0.330 e. The van der Waals surface area contributed by atoms with Crippen molar-refractivity contribution < 1.29 is 89.1 Å². The molecule has 4 aromatic rings. The zero-order chi connectivity index (χ0) is 40.6. The molecule has 4 unspecified atom stereocenters. The van der Waals surface area contributed by atoms with Crippen LogP contribution in [0.2, 0.25) is 0 Å². The van der Waals surface area contributed by atoms with E-state index in [4.69, 9.17) is 28.1 Å². The van der Waals surface area contributed by atoms with Gasteiger partial charge in [0.05, 0.1) is 6.10 Å². The van der Waals surface area contributed by atoms with Gasteiger partial charge in [-0.25, -0.2) is 4.79 Å². The van der Waals surface area contributed by atoms with E-state index in [1.54, 1.807) is 0 Å². The van der Waals surface area contributed by atoms with Crippen LogP contribution in [0.25, 0.3) is 22.3 Å². The Balaban J connectivity index is 1.24. The number of phenols is 5. The third-order valence-electron chi connectivity index (χ3n) is 9.13.